The van der Waals surface area contributed by atoms with Crippen LogP contribution in [0.15, 0.2) is 30.3 Å². The highest BCUT2D eigenvalue weighted by Crippen LogP contribution is 2.34. The van der Waals surface area contributed by atoms with Crippen LogP contribution >= 0.6 is 0 Å². The molecule has 3 atom stereocenters. The minimum atomic E-state index is -0.602. The third-order valence-electron chi connectivity index (χ3n) is 4.46. The molecular formula is C18H25NO3. The summed E-state index contributed by atoms with van der Waals surface area (Å²) in [5, 5.41) is 2.81. The van der Waals surface area contributed by atoms with Crippen LogP contribution in [0.2, 0.25) is 0 Å². The molecule has 1 amide bonds. The predicted molar refractivity (Wildman–Crippen MR) is 85.0 cm³/mol. The first kappa shape index (κ1) is 16.5. The summed E-state index contributed by atoms with van der Waals surface area (Å²) in [7, 11) is 0. The fourth-order valence-electron chi connectivity index (χ4n) is 3.10. The van der Waals surface area contributed by atoms with Gasteiger partial charge in [-0.1, -0.05) is 50.1 Å². The van der Waals surface area contributed by atoms with Crippen molar-refractivity contribution in [1.29, 1.82) is 0 Å². The van der Waals surface area contributed by atoms with Gasteiger partial charge in [0.05, 0.1) is 0 Å². The Morgan fingerprint density at radius 3 is 2.68 bits per heavy atom. The summed E-state index contributed by atoms with van der Waals surface area (Å²) in [6.45, 7) is 4.04. The molecule has 4 nitrogen and oxygen atoms in total. The zero-order chi connectivity index (χ0) is 15.9. The molecule has 1 fully saturated rings. The fourth-order valence-corrected chi connectivity index (χ4v) is 3.10. The lowest BCUT2D eigenvalue weighted by molar-refractivity contribution is -0.149. The van der Waals surface area contributed by atoms with Crippen LogP contribution < -0.4 is 5.32 Å². The molecule has 0 aliphatic heterocycles. The van der Waals surface area contributed by atoms with Gasteiger partial charge in [0.25, 0.3) is 0 Å². The minimum Gasteiger partial charge on any atom is -0.459 e. The number of amides is 1. The Morgan fingerprint density at radius 2 is 2.00 bits per heavy atom. The molecule has 2 rings (SSSR count). The topological polar surface area (TPSA) is 55.4 Å². The smallest absolute Gasteiger partial charge is 0.328 e. The van der Waals surface area contributed by atoms with Gasteiger partial charge in [-0.05, 0) is 31.2 Å². The van der Waals surface area contributed by atoms with Gasteiger partial charge in [-0.25, -0.2) is 4.79 Å². The zero-order valence-corrected chi connectivity index (χ0v) is 13.4. The number of hydrogen-bond acceptors (Lipinski definition) is 3. The Labute approximate surface area is 132 Å². The van der Waals surface area contributed by atoms with Crippen LogP contribution in [0.5, 0.6) is 0 Å². The van der Waals surface area contributed by atoms with Crippen LogP contribution in [0.1, 0.15) is 45.1 Å². The van der Waals surface area contributed by atoms with Gasteiger partial charge in [0.1, 0.15) is 12.6 Å². The Hall–Kier alpha value is -1.84. The highest BCUT2D eigenvalue weighted by Gasteiger charge is 2.33. The van der Waals surface area contributed by atoms with Crippen molar-refractivity contribution < 1.29 is 14.3 Å². The Morgan fingerprint density at radius 1 is 1.27 bits per heavy atom. The fraction of sp³-hybridized carbons (Fsp3) is 0.556. The second kappa shape index (κ2) is 7.97. The first-order chi connectivity index (χ1) is 10.6. The van der Waals surface area contributed by atoms with Crippen LogP contribution in [0.25, 0.3) is 0 Å². The standard InChI is InChI=1S/C18H25NO3/c1-3-15-10-7-11-16(15)17(20)19-13(2)18(21)22-12-14-8-5-4-6-9-14/h4-6,8-9,13,15-16H,3,7,10-12H2,1-2H3,(H,19,20)/t13-,15-,16-/m1/s1. The molecule has 0 unspecified atom stereocenters. The highest BCUT2D eigenvalue weighted by atomic mass is 16.5. The molecule has 0 saturated heterocycles. The summed E-state index contributed by atoms with van der Waals surface area (Å²) < 4.78 is 5.25. The Bertz CT molecular complexity index is 500. The summed E-state index contributed by atoms with van der Waals surface area (Å²) in [6, 6.07) is 8.93. The lowest BCUT2D eigenvalue weighted by Crippen LogP contribution is -2.43. The maximum absolute atomic E-state index is 12.3. The maximum Gasteiger partial charge on any atom is 0.328 e. The molecule has 0 spiro atoms. The van der Waals surface area contributed by atoms with Crippen molar-refractivity contribution in [2.75, 3.05) is 0 Å². The average Bonchev–Trinajstić information content (AvgIpc) is 3.02. The number of esters is 1. The van der Waals surface area contributed by atoms with Gasteiger partial charge in [0.2, 0.25) is 5.91 Å². The molecule has 0 heterocycles. The molecule has 1 aliphatic rings. The highest BCUT2D eigenvalue weighted by molar-refractivity contribution is 5.85. The van der Waals surface area contributed by atoms with E-state index in [0.717, 1.165) is 31.2 Å². The van der Waals surface area contributed by atoms with E-state index < -0.39 is 6.04 Å². The van der Waals surface area contributed by atoms with E-state index in [1.807, 2.05) is 30.3 Å². The molecule has 0 radical (unpaired) electrons. The van der Waals surface area contributed by atoms with E-state index in [4.69, 9.17) is 4.74 Å². The lowest BCUT2D eigenvalue weighted by atomic mass is 9.93. The molecule has 4 heteroatoms. The Kier molecular flexibility index (Phi) is 5.99. The summed E-state index contributed by atoms with van der Waals surface area (Å²) in [6.07, 6.45) is 4.16. The van der Waals surface area contributed by atoms with Crippen LogP contribution in [-0.4, -0.2) is 17.9 Å². The monoisotopic (exact) mass is 303 g/mol. The summed E-state index contributed by atoms with van der Waals surface area (Å²) in [5.41, 5.74) is 0.941. The van der Waals surface area contributed by atoms with Crippen molar-refractivity contribution >= 4 is 11.9 Å². The van der Waals surface area contributed by atoms with E-state index >= 15 is 0 Å². The van der Waals surface area contributed by atoms with Crippen LogP contribution in [0.3, 0.4) is 0 Å². The summed E-state index contributed by atoms with van der Waals surface area (Å²) in [4.78, 5) is 24.3. The first-order valence-electron chi connectivity index (χ1n) is 8.12. The number of carbonyl (C=O) groups excluding carboxylic acids is 2. The molecule has 1 N–H and O–H groups in total. The molecule has 22 heavy (non-hydrogen) atoms. The van der Waals surface area contributed by atoms with E-state index in [9.17, 15) is 9.59 Å². The second-order valence-electron chi connectivity index (χ2n) is 6.03. The van der Waals surface area contributed by atoms with E-state index in [0.29, 0.717) is 5.92 Å². The van der Waals surface area contributed by atoms with Gasteiger partial charge in [-0.2, -0.15) is 0 Å². The molecular weight excluding hydrogens is 278 g/mol. The largest absolute Gasteiger partial charge is 0.459 e. The molecule has 1 aromatic carbocycles. The van der Waals surface area contributed by atoms with E-state index in [-0.39, 0.29) is 24.4 Å². The quantitative estimate of drug-likeness (QED) is 0.822. The van der Waals surface area contributed by atoms with Gasteiger partial charge in [0, 0.05) is 5.92 Å². The summed E-state index contributed by atoms with van der Waals surface area (Å²) >= 11 is 0. The van der Waals surface area contributed by atoms with Gasteiger partial charge in [0.15, 0.2) is 0 Å². The summed E-state index contributed by atoms with van der Waals surface area (Å²) in [5.74, 6) is 0.110. The van der Waals surface area contributed by atoms with Crippen molar-refractivity contribution in [3.8, 4) is 0 Å². The van der Waals surface area contributed by atoms with Crippen molar-refractivity contribution in [2.45, 2.75) is 52.2 Å². The molecule has 1 aromatic rings. The van der Waals surface area contributed by atoms with E-state index in [1.54, 1.807) is 6.92 Å². The normalized spacial score (nSPS) is 22.1. The van der Waals surface area contributed by atoms with Gasteiger partial charge in [-0.3, -0.25) is 4.79 Å². The van der Waals surface area contributed by atoms with Crippen molar-refractivity contribution in [3.63, 3.8) is 0 Å². The zero-order valence-electron chi connectivity index (χ0n) is 13.4. The van der Waals surface area contributed by atoms with Crippen molar-refractivity contribution in [2.24, 2.45) is 11.8 Å². The van der Waals surface area contributed by atoms with E-state index in [2.05, 4.69) is 12.2 Å². The average molecular weight is 303 g/mol. The van der Waals surface area contributed by atoms with Crippen molar-refractivity contribution in [1.82, 2.24) is 5.32 Å². The number of ether oxygens (including phenoxy) is 1. The lowest BCUT2D eigenvalue weighted by Gasteiger charge is -2.20. The van der Waals surface area contributed by atoms with Crippen LogP contribution in [-0.2, 0) is 20.9 Å². The number of carbonyl (C=O) groups is 2. The third-order valence-corrected chi connectivity index (χ3v) is 4.46. The predicted octanol–water partition coefficient (Wildman–Crippen LogP) is 3.06. The van der Waals surface area contributed by atoms with Crippen LogP contribution in [0, 0.1) is 11.8 Å². The maximum atomic E-state index is 12.3. The number of benzene rings is 1. The van der Waals surface area contributed by atoms with Gasteiger partial charge in [-0.15, -0.1) is 0 Å². The SMILES string of the molecule is CC[C@@H]1CCC[C@H]1C(=O)N[C@H](C)C(=O)OCc1ccccc1. The van der Waals surface area contributed by atoms with Gasteiger partial charge >= 0.3 is 5.97 Å². The van der Waals surface area contributed by atoms with Crippen molar-refractivity contribution in [3.05, 3.63) is 35.9 Å². The third kappa shape index (κ3) is 4.33. The van der Waals surface area contributed by atoms with E-state index in [1.165, 1.54) is 0 Å². The second-order valence-corrected chi connectivity index (χ2v) is 6.03. The number of rotatable bonds is 6. The number of nitrogens with one attached hydrogen (secondary N) is 1. The van der Waals surface area contributed by atoms with Crippen LogP contribution in [0.4, 0.5) is 0 Å². The molecule has 0 aromatic heterocycles. The Balaban J connectivity index is 1.79. The minimum absolute atomic E-state index is 0.00601. The van der Waals surface area contributed by atoms with Gasteiger partial charge < -0.3 is 10.1 Å². The molecule has 1 saturated carbocycles. The molecule has 120 valence electrons. The molecule has 1 aliphatic carbocycles. The molecule has 0 bridgehead atoms. The first-order valence-corrected chi connectivity index (χ1v) is 8.12. The number of hydrogen-bond donors (Lipinski definition) is 1.